The number of carbonyl (C=O) groups is 1. The number of primary amides is 1. The Bertz CT molecular complexity index is 943. The number of anilines is 1. The first-order valence-corrected chi connectivity index (χ1v) is 7.90. The second-order valence-electron chi connectivity index (χ2n) is 4.98. The third kappa shape index (κ3) is 3.87. The Morgan fingerprint density at radius 2 is 1.73 bits per heavy atom. The minimum atomic E-state index is -4.52. The van der Waals surface area contributed by atoms with Gasteiger partial charge in [0.05, 0.1) is 16.9 Å². The number of rotatable bonds is 4. The predicted octanol–water partition coefficient (Wildman–Crippen LogP) is 2.67. The topological polar surface area (TPSA) is 130 Å². The smallest absolute Gasteiger partial charge is 0.383 e. The van der Waals surface area contributed by atoms with Crippen LogP contribution in [-0.2, 0) is 11.0 Å². The van der Waals surface area contributed by atoms with Gasteiger partial charge in [-0.15, -0.1) is 0 Å². The maximum absolute atomic E-state index is 12.7. The standard InChI is InChI=1S/C16H10F3N5OS/c17-16(18,19)9-3-1-8(2-4-9)13-10(5-20)14(23)24-15(11(13)6-21)26-7-12(22)25/h1-4H,7H2,(H2,22,25)(H2,23,24). The predicted molar refractivity (Wildman–Crippen MR) is 88.4 cm³/mol. The molecule has 1 aromatic carbocycles. The minimum Gasteiger partial charge on any atom is -0.383 e. The molecule has 26 heavy (non-hydrogen) atoms. The number of halogens is 3. The van der Waals surface area contributed by atoms with Gasteiger partial charge < -0.3 is 11.5 Å². The van der Waals surface area contributed by atoms with Crippen LogP contribution in [0.5, 0.6) is 0 Å². The molecule has 0 aliphatic carbocycles. The van der Waals surface area contributed by atoms with Crippen LogP contribution in [-0.4, -0.2) is 16.6 Å². The van der Waals surface area contributed by atoms with E-state index in [0.29, 0.717) is 0 Å². The molecule has 0 atom stereocenters. The number of nitriles is 2. The molecule has 6 nitrogen and oxygen atoms in total. The summed E-state index contributed by atoms with van der Waals surface area (Å²) in [6, 6.07) is 7.64. The van der Waals surface area contributed by atoms with Crippen molar-refractivity contribution in [3.8, 4) is 23.3 Å². The van der Waals surface area contributed by atoms with Gasteiger partial charge in [0.15, 0.2) is 0 Å². The zero-order valence-corrected chi connectivity index (χ0v) is 13.8. The molecule has 0 saturated heterocycles. The van der Waals surface area contributed by atoms with Crippen LogP contribution in [0.2, 0.25) is 0 Å². The highest BCUT2D eigenvalue weighted by Gasteiger charge is 2.30. The van der Waals surface area contributed by atoms with Crippen LogP contribution in [0.25, 0.3) is 11.1 Å². The Morgan fingerprint density at radius 3 is 2.19 bits per heavy atom. The van der Waals surface area contributed by atoms with Gasteiger partial charge in [0.1, 0.15) is 28.5 Å². The largest absolute Gasteiger partial charge is 0.416 e. The van der Waals surface area contributed by atoms with Crippen molar-refractivity contribution < 1.29 is 18.0 Å². The Morgan fingerprint density at radius 1 is 1.15 bits per heavy atom. The number of pyridine rings is 1. The normalized spacial score (nSPS) is 10.8. The number of amides is 1. The van der Waals surface area contributed by atoms with Crippen LogP contribution in [0.4, 0.5) is 19.0 Å². The summed E-state index contributed by atoms with van der Waals surface area (Å²) in [7, 11) is 0. The number of alkyl halides is 3. The highest BCUT2D eigenvalue weighted by atomic mass is 32.2. The molecular weight excluding hydrogens is 367 g/mol. The van der Waals surface area contributed by atoms with Crippen molar-refractivity contribution >= 4 is 23.5 Å². The third-order valence-corrected chi connectivity index (χ3v) is 4.27. The fraction of sp³-hybridized carbons (Fsp3) is 0.125. The van der Waals surface area contributed by atoms with E-state index in [-0.39, 0.29) is 38.9 Å². The lowest BCUT2D eigenvalue weighted by Crippen LogP contribution is -2.14. The fourth-order valence-electron chi connectivity index (χ4n) is 2.16. The molecule has 132 valence electrons. The average molecular weight is 377 g/mol. The molecule has 1 amide bonds. The van der Waals surface area contributed by atoms with Crippen molar-refractivity contribution in [1.29, 1.82) is 10.5 Å². The number of nitrogen functional groups attached to an aromatic ring is 1. The second-order valence-corrected chi connectivity index (χ2v) is 5.94. The number of nitrogens with two attached hydrogens (primary N) is 2. The second kappa shape index (κ2) is 7.33. The SMILES string of the molecule is N#Cc1c(N)nc(SCC(N)=O)c(C#N)c1-c1ccc(C(F)(F)F)cc1. The summed E-state index contributed by atoms with van der Waals surface area (Å²) in [5.41, 5.74) is 10.00. The number of carbonyl (C=O) groups excluding carboxylic acids is 1. The molecule has 1 heterocycles. The molecule has 0 saturated carbocycles. The van der Waals surface area contributed by atoms with Gasteiger partial charge in [-0.1, -0.05) is 23.9 Å². The molecule has 2 rings (SSSR count). The Balaban J connectivity index is 2.68. The first-order chi connectivity index (χ1) is 12.2. The summed E-state index contributed by atoms with van der Waals surface area (Å²) in [6.45, 7) is 0. The van der Waals surface area contributed by atoms with Gasteiger partial charge in [-0.05, 0) is 17.7 Å². The zero-order valence-electron chi connectivity index (χ0n) is 13.0. The molecule has 0 aliphatic rings. The van der Waals surface area contributed by atoms with Gasteiger partial charge in [-0.25, -0.2) is 4.98 Å². The van der Waals surface area contributed by atoms with Crippen molar-refractivity contribution in [2.45, 2.75) is 11.2 Å². The lowest BCUT2D eigenvalue weighted by molar-refractivity contribution is -0.137. The van der Waals surface area contributed by atoms with Gasteiger partial charge in [0.2, 0.25) is 5.91 Å². The van der Waals surface area contributed by atoms with Gasteiger partial charge in [-0.3, -0.25) is 4.79 Å². The van der Waals surface area contributed by atoms with E-state index in [2.05, 4.69) is 4.98 Å². The summed E-state index contributed by atoms with van der Waals surface area (Å²) in [5, 5.41) is 18.9. The maximum atomic E-state index is 12.7. The van der Waals surface area contributed by atoms with Gasteiger partial charge in [0, 0.05) is 5.56 Å². The third-order valence-electron chi connectivity index (χ3n) is 3.27. The number of hydrogen-bond donors (Lipinski definition) is 2. The van der Waals surface area contributed by atoms with E-state index in [0.717, 1.165) is 36.0 Å². The average Bonchev–Trinajstić information content (AvgIpc) is 2.58. The molecule has 0 unspecified atom stereocenters. The monoisotopic (exact) mass is 377 g/mol. The Kier molecular flexibility index (Phi) is 5.38. The molecule has 2 aromatic rings. The quantitative estimate of drug-likeness (QED) is 0.788. The molecule has 1 aromatic heterocycles. The number of hydrogen-bond acceptors (Lipinski definition) is 6. The zero-order chi connectivity index (χ0) is 19.5. The molecule has 0 bridgehead atoms. The van der Waals surface area contributed by atoms with Crippen LogP contribution < -0.4 is 11.5 Å². The molecular formula is C16H10F3N5OS. The van der Waals surface area contributed by atoms with Gasteiger partial charge in [0.25, 0.3) is 0 Å². The molecule has 0 fully saturated rings. The number of thioether (sulfide) groups is 1. The van der Waals surface area contributed by atoms with E-state index in [1.807, 2.05) is 12.1 Å². The highest BCUT2D eigenvalue weighted by molar-refractivity contribution is 8.00. The van der Waals surface area contributed by atoms with Crippen molar-refractivity contribution in [1.82, 2.24) is 4.98 Å². The Hall–Kier alpha value is -3.24. The minimum absolute atomic E-state index is 0.0585. The van der Waals surface area contributed by atoms with Crippen LogP contribution in [0, 0.1) is 22.7 Å². The van der Waals surface area contributed by atoms with Crippen molar-refractivity contribution in [3.63, 3.8) is 0 Å². The van der Waals surface area contributed by atoms with Crippen LogP contribution in [0.1, 0.15) is 16.7 Å². The summed E-state index contributed by atoms with van der Waals surface area (Å²) >= 11 is 0.852. The van der Waals surface area contributed by atoms with E-state index in [9.17, 15) is 28.5 Å². The van der Waals surface area contributed by atoms with E-state index < -0.39 is 17.6 Å². The van der Waals surface area contributed by atoms with Crippen LogP contribution >= 0.6 is 11.8 Å². The van der Waals surface area contributed by atoms with E-state index in [1.54, 1.807) is 0 Å². The lowest BCUT2D eigenvalue weighted by atomic mass is 9.96. The number of aromatic nitrogens is 1. The summed E-state index contributed by atoms with van der Waals surface area (Å²) in [6.07, 6.45) is -4.52. The van der Waals surface area contributed by atoms with Gasteiger partial charge in [-0.2, -0.15) is 23.7 Å². The van der Waals surface area contributed by atoms with Crippen molar-refractivity contribution in [2.75, 3.05) is 11.5 Å². The fourth-order valence-corrected chi connectivity index (χ4v) is 2.89. The van der Waals surface area contributed by atoms with Crippen LogP contribution in [0.3, 0.4) is 0 Å². The van der Waals surface area contributed by atoms with Crippen molar-refractivity contribution in [2.24, 2.45) is 5.73 Å². The van der Waals surface area contributed by atoms with Gasteiger partial charge >= 0.3 is 6.18 Å². The number of nitrogens with zero attached hydrogens (tertiary/aromatic N) is 3. The molecule has 0 aliphatic heterocycles. The molecule has 10 heteroatoms. The summed E-state index contributed by atoms with van der Waals surface area (Å²) in [4.78, 5) is 14.9. The molecule has 0 spiro atoms. The molecule has 4 N–H and O–H groups in total. The van der Waals surface area contributed by atoms with E-state index >= 15 is 0 Å². The van der Waals surface area contributed by atoms with E-state index in [4.69, 9.17) is 11.5 Å². The van der Waals surface area contributed by atoms with Crippen LogP contribution in [0.15, 0.2) is 29.3 Å². The Labute approximate surface area is 150 Å². The molecule has 0 radical (unpaired) electrons. The number of benzene rings is 1. The summed E-state index contributed by atoms with van der Waals surface area (Å²) in [5.74, 6) is -1.03. The van der Waals surface area contributed by atoms with E-state index in [1.165, 1.54) is 0 Å². The lowest BCUT2D eigenvalue weighted by Gasteiger charge is -2.13. The van der Waals surface area contributed by atoms with Crippen molar-refractivity contribution in [3.05, 3.63) is 41.0 Å². The summed E-state index contributed by atoms with van der Waals surface area (Å²) < 4.78 is 38.2. The maximum Gasteiger partial charge on any atom is 0.416 e. The highest BCUT2D eigenvalue weighted by Crippen LogP contribution is 2.37. The first kappa shape index (κ1) is 19.1. The first-order valence-electron chi connectivity index (χ1n) is 6.91.